The van der Waals surface area contributed by atoms with Crippen LogP contribution in [0.5, 0.6) is 0 Å². The molecule has 3 rings (SSSR count). The maximum atomic E-state index is 12.3. The summed E-state index contributed by atoms with van der Waals surface area (Å²) in [5, 5.41) is 8.02. The van der Waals surface area contributed by atoms with Crippen LogP contribution in [-0.4, -0.2) is 37.9 Å². The van der Waals surface area contributed by atoms with Crippen molar-refractivity contribution in [3.05, 3.63) is 33.7 Å². The van der Waals surface area contributed by atoms with Crippen LogP contribution in [0.25, 0.3) is 0 Å². The highest BCUT2D eigenvalue weighted by Crippen LogP contribution is 2.24. The molecule has 22 heavy (non-hydrogen) atoms. The zero-order valence-electron chi connectivity index (χ0n) is 12.0. The lowest BCUT2D eigenvalue weighted by atomic mass is 10.0. The molecule has 2 aromatic rings. The van der Waals surface area contributed by atoms with Gasteiger partial charge in [0.05, 0.1) is 5.75 Å². The van der Waals surface area contributed by atoms with Crippen LogP contribution in [0, 0.1) is 0 Å². The first kappa shape index (κ1) is 15.0. The Bertz CT molecular complexity index is 770. The average molecular weight is 337 g/mol. The van der Waals surface area contributed by atoms with Crippen LogP contribution in [0.4, 0.5) is 5.13 Å². The molecule has 0 bridgehead atoms. The number of pyridine rings is 1. The number of aryl methyl sites for hydroxylation is 1. The van der Waals surface area contributed by atoms with E-state index in [4.69, 9.17) is 5.73 Å². The third-order valence-electron chi connectivity index (χ3n) is 3.51. The number of hydrogen-bond donors (Lipinski definition) is 1. The smallest absolute Gasteiger partial charge is 0.250 e. The van der Waals surface area contributed by atoms with Crippen LogP contribution >= 0.6 is 23.1 Å². The van der Waals surface area contributed by atoms with Crippen molar-refractivity contribution in [1.82, 2.24) is 19.7 Å². The first-order valence-corrected chi connectivity index (χ1v) is 8.51. The number of amides is 1. The molecule has 3 heterocycles. The third kappa shape index (κ3) is 3.14. The molecular weight excluding hydrogens is 322 g/mol. The molecule has 2 aromatic heterocycles. The molecule has 0 radical (unpaired) electrons. The van der Waals surface area contributed by atoms with Gasteiger partial charge >= 0.3 is 0 Å². The topological polar surface area (TPSA) is 94.1 Å². The Morgan fingerprint density at radius 2 is 2.27 bits per heavy atom. The van der Waals surface area contributed by atoms with E-state index in [9.17, 15) is 9.59 Å². The van der Waals surface area contributed by atoms with Crippen LogP contribution in [0.2, 0.25) is 0 Å². The number of thioether (sulfide) groups is 1. The van der Waals surface area contributed by atoms with Gasteiger partial charge in [0, 0.05) is 32.4 Å². The second kappa shape index (κ2) is 6.09. The Labute approximate surface area is 135 Å². The highest BCUT2D eigenvalue weighted by molar-refractivity contribution is 8.01. The van der Waals surface area contributed by atoms with Gasteiger partial charge in [-0.1, -0.05) is 23.1 Å². The summed E-state index contributed by atoms with van der Waals surface area (Å²) in [7, 11) is 1.72. The minimum absolute atomic E-state index is 0.0112. The minimum atomic E-state index is -0.0112. The van der Waals surface area contributed by atoms with E-state index in [2.05, 4.69) is 10.2 Å². The molecule has 1 aliphatic rings. The van der Waals surface area contributed by atoms with Crippen LogP contribution in [0.15, 0.2) is 21.4 Å². The van der Waals surface area contributed by atoms with Crippen molar-refractivity contribution in [3.8, 4) is 0 Å². The number of nitrogen functional groups attached to an aromatic ring is 1. The van der Waals surface area contributed by atoms with E-state index in [-0.39, 0.29) is 11.5 Å². The van der Waals surface area contributed by atoms with E-state index >= 15 is 0 Å². The summed E-state index contributed by atoms with van der Waals surface area (Å²) >= 11 is 2.63. The van der Waals surface area contributed by atoms with Crippen molar-refractivity contribution < 1.29 is 4.79 Å². The maximum absolute atomic E-state index is 12.3. The summed E-state index contributed by atoms with van der Waals surface area (Å²) in [6.07, 6.45) is 2.53. The van der Waals surface area contributed by atoms with Crippen LogP contribution in [0.3, 0.4) is 0 Å². The van der Waals surface area contributed by atoms with Gasteiger partial charge in [0.25, 0.3) is 5.56 Å². The lowest BCUT2D eigenvalue weighted by molar-refractivity contribution is -0.129. The fourth-order valence-electron chi connectivity index (χ4n) is 2.35. The van der Waals surface area contributed by atoms with Crippen molar-refractivity contribution in [2.45, 2.75) is 17.3 Å². The fourth-order valence-corrected chi connectivity index (χ4v) is 3.88. The largest absolute Gasteiger partial charge is 0.374 e. The number of nitrogens with two attached hydrogens (primary N) is 1. The van der Waals surface area contributed by atoms with Crippen molar-refractivity contribution in [1.29, 1.82) is 0 Å². The van der Waals surface area contributed by atoms with Crippen LogP contribution < -0.4 is 11.3 Å². The number of nitrogens with zero attached hydrogens (tertiary/aromatic N) is 4. The zero-order valence-corrected chi connectivity index (χ0v) is 13.6. The maximum Gasteiger partial charge on any atom is 0.250 e. The lowest BCUT2D eigenvalue weighted by Crippen LogP contribution is -2.38. The van der Waals surface area contributed by atoms with E-state index < -0.39 is 0 Å². The van der Waals surface area contributed by atoms with Gasteiger partial charge in [0.2, 0.25) is 11.0 Å². The molecule has 0 fully saturated rings. The molecular formula is C13H15N5O2S2. The Morgan fingerprint density at radius 3 is 3.00 bits per heavy atom. The molecule has 1 amide bonds. The van der Waals surface area contributed by atoms with Gasteiger partial charge in [-0.05, 0) is 17.5 Å². The van der Waals surface area contributed by atoms with E-state index in [1.165, 1.54) is 23.1 Å². The predicted octanol–water partition coefficient (Wildman–Crippen LogP) is 0.496. The number of hydrogen-bond acceptors (Lipinski definition) is 7. The van der Waals surface area contributed by atoms with Crippen molar-refractivity contribution in [2.75, 3.05) is 18.0 Å². The Morgan fingerprint density at radius 1 is 1.45 bits per heavy atom. The monoisotopic (exact) mass is 337 g/mol. The lowest BCUT2D eigenvalue weighted by Gasteiger charge is -2.28. The molecule has 0 saturated carbocycles. The van der Waals surface area contributed by atoms with E-state index in [1.54, 1.807) is 17.7 Å². The quantitative estimate of drug-likeness (QED) is 0.820. The van der Waals surface area contributed by atoms with E-state index in [0.29, 0.717) is 34.7 Å². The zero-order chi connectivity index (χ0) is 15.7. The third-order valence-corrected chi connectivity index (χ3v) is 5.38. The predicted molar refractivity (Wildman–Crippen MR) is 85.8 cm³/mol. The summed E-state index contributed by atoms with van der Waals surface area (Å²) in [4.78, 5) is 25.7. The fraction of sp³-hybridized carbons (Fsp3) is 0.385. The van der Waals surface area contributed by atoms with E-state index in [0.717, 1.165) is 11.1 Å². The van der Waals surface area contributed by atoms with Crippen molar-refractivity contribution in [3.63, 3.8) is 0 Å². The Balaban J connectivity index is 1.65. The van der Waals surface area contributed by atoms with Gasteiger partial charge in [-0.25, -0.2) is 0 Å². The van der Waals surface area contributed by atoms with Gasteiger partial charge in [-0.2, -0.15) is 0 Å². The average Bonchev–Trinajstić information content (AvgIpc) is 2.91. The van der Waals surface area contributed by atoms with Gasteiger partial charge in [-0.3, -0.25) is 9.59 Å². The van der Waals surface area contributed by atoms with E-state index in [1.807, 2.05) is 11.1 Å². The first-order valence-electron chi connectivity index (χ1n) is 6.71. The molecule has 9 heteroatoms. The Kier molecular flexibility index (Phi) is 4.16. The number of carbonyl (C=O) groups excluding carboxylic acids is 1. The van der Waals surface area contributed by atoms with Crippen molar-refractivity contribution >= 4 is 34.1 Å². The molecule has 0 atom stereocenters. The number of fused-ring (bicyclic) bond motifs is 1. The Hall–Kier alpha value is -1.87. The summed E-state index contributed by atoms with van der Waals surface area (Å²) in [6.45, 7) is 1.18. The summed E-state index contributed by atoms with van der Waals surface area (Å²) in [5.41, 5.74) is 7.58. The molecule has 0 aromatic carbocycles. The standard InChI is InChI=1S/C13H15N5O2S2/c1-17-5-9-6-18(3-2-8(9)4-10(17)19)11(20)7-21-13-16-15-12(14)22-13/h4-5H,2-3,6-7H2,1H3,(H2,14,15). The minimum Gasteiger partial charge on any atom is -0.374 e. The second-order valence-electron chi connectivity index (χ2n) is 5.03. The normalized spacial score (nSPS) is 14.0. The molecule has 7 nitrogen and oxygen atoms in total. The summed E-state index contributed by atoms with van der Waals surface area (Å²) in [6, 6.07) is 1.66. The number of anilines is 1. The van der Waals surface area contributed by atoms with Gasteiger partial charge < -0.3 is 15.2 Å². The molecule has 0 aliphatic carbocycles. The SMILES string of the molecule is Cn1cc2c(cc1=O)CCN(C(=O)CSc1nnc(N)s1)C2. The van der Waals surface area contributed by atoms with Gasteiger partial charge in [0.15, 0.2) is 4.34 Å². The molecule has 116 valence electrons. The van der Waals surface area contributed by atoms with Gasteiger partial charge in [0.1, 0.15) is 0 Å². The first-order chi connectivity index (χ1) is 10.5. The number of aromatic nitrogens is 3. The van der Waals surface area contributed by atoms with Crippen LogP contribution in [0.1, 0.15) is 11.1 Å². The highest BCUT2D eigenvalue weighted by atomic mass is 32.2. The van der Waals surface area contributed by atoms with Gasteiger partial charge in [-0.15, -0.1) is 10.2 Å². The van der Waals surface area contributed by atoms with Crippen LogP contribution in [-0.2, 0) is 24.8 Å². The molecule has 0 unspecified atom stereocenters. The second-order valence-corrected chi connectivity index (χ2v) is 7.26. The number of carbonyl (C=O) groups is 1. The van der Waals surface area contributed by atoms with Crippen molar-refractivity contribution in [2.24, 2.45) is 7.05 Å². The summed E-state index contributed by atoms with van der Waals surface area (Å²) < 4.78 is 2.25. The summed E-state index contributed by atoms with van der Waals surface area (Å²) in [5.74, 6) is 0.369. The molecule has 0 saturated heterocycles. The number of rotatable bonds is 3. The molecule has 0 spiro atoms. The molecule has 1 aliphatic heterocycles. The molecule has 2 N–H and O–H groups in total. The highest BCUT2D eigenvalue weighted by Gasteiger charge is 2.21.